The molecule has 0 aliphatic heterocycles. The molecular weight excluding hydrogens is 270 g/mol. The monoisotopic (exact) mass is 279 g/mol. The van der Waals surface area contributed by atoms with E-state index in [9.17, 15) is 4.79 Å². The number of halogens is 1. The summed E-state index contributed by atoms with van der Waals surface area (Å²) in [5.74, 6) is -0.0303. The number of ether oxygens (including phenoxy) is 1. The fourth-order valence-corrected chi connectivity index (χ4v) is 1.65. The van der Waals surface area contributed by atoms with Crippen LogP contribution in [-0.4, -0.2) is 33.0 Å². The van der Waals surface area contributed by atoms with Gasteiger partial charge in [0.2, 0.25) is 0 Å². The van der Waals surface area contributed by atoms with Crippen molar-refractivity contribution in [2.24, 2.45) is 0 Å². The number of carbonyl (C=O) groups is 1. The third-order valence-electron chi connectivity index (χ3n) is 2.24. The first kappa shape index (κ1) is 13.1. The number of nitrogens with zero attached hydrogens (tertiary/aromatic N) is 3. The van der Waals surface area contributed by atoms with E-state index in [1.807, 2.05) is 0 Å². The van der Waals surface area contributed by atoms with Crippen molar-refractivity contribution in [3.8, 4) is 17.1 Å². The van der Waals surface area contributed by atoms with Gasteiger partial charge in [0.15, 0.2) is 5.82 Å². The zero-order valence-corrected chi connectivity index (χ0v) is 10.7. The van der Waals surface area contributed by atoms with Crippen molar-refractivity contribution in [1.29, 1.82) is 0 Å². The van der Waals surface area contributed by atoms with E-state index < -0.39 is 5.97 Å². The molecule has 1 aromatic carbocycles. The molecule has 2 aromatic rings. The molecule has 1 N–H and O–H groups in total. The van der Waals surface area contributed by atoms with Crippen LogP contribution >= 0.6 is 11.6 Å². The Morgan fingerprint density at radius 2 is 2.26 bits per heavy atom. The third kappa shape index (κ3) is 3.32. The van der Waals surface area contributed by atoms with Gasteiger partial charge in [-0.1, -0.05) is 11.6 Å². The van der Waals surface area contributed by atoms with Crippen molar-refractivity contribution in [3.05, 3.63) is 35.6 Å². The van der Waals surface area contributed by atoms with Gasteiger partial charge >= 0.3 is 5.97 Å². The molecule has 0 atom stereocenters. The molecule has 6 nitrogen and oxygen atoms in total. The molecule has 0 fully saturated rings. The highest BCUT2D eigenvalue weighted by Crippen LogP contribution is 2.26. The van der Waals surface area contributed by atoms with Crippen LogP contribution in [0.15, 0.2) is 30.6 Å². The Kier molecular flexibility index (Phi) is 3.82. The van der Waals surface area contributed by atoms with E-state index in [1.165, 1.54) is 24.3 Å². The predicted octanol–water partition coefficient (Wildman–Crippen LogP) is 2.16. The van der Waals surface area contributed by atoms with Crippen LogP contribution in [-0.2, 0) is 4.79 Å². The minimum Gasteiger partial charge on any atom is -0.497 e. The molecule has 0 unspecified atom stereocenters. The lowest BCUT2D eigenvalue weighted by Crippen LogP contribution is -1.92. The molecule has 7 heteroatoms. The zero-order valence-electron chi connectivity index (χ0n) is 9.95. The van der Waals surface area contributed by atoms with Crippen molar-refractivity contribution in [2.45, 2.75) is 0 Å². The molecule has 0 saturated carbocycles. The highest BCUT2D eigenvalue weighted by atomic mass is 35.5. The minimum atomic E-state index is -1.05. The number of methoxy groups -OCH3 is 1. The molecule has 0 aliphatic carbocycles. The molecule has 0 spiro atoms. The lowest BCUT2D eigenvalue weighted by Gasteiger charge is -2.02. The van der Waals surface area contributed by atoms with E-state index in [4.69, 9.17) is 21.4 Å². The van der Waals surface area contributed by atoms with Gasteiger partial charge in [0.25, 0.3) is 0 Å². The number of hydrogen-bond acceptors (Lipinski definition) is 4. The quantitative estimate of drug-likeness (QED) is 0.868. The topological polar surface area (TPSA) is 77.2 Å². The van der Waals surface area contributed by atoms with Crippen LogP contribution in [0.1, 0.15) is 0 Å². The van der Waals surface area contributed by atoms with Crippen LogP contribution in [0.25, 0.3) is 17.6 Å². The van der Waals surface area contributed by atoms with E-state index in [-0.39, 0.29) is 0 Å². The molecular formula is C12H10ClN3O3. The van der Waals surface area contributed by atoms with Crippen LogP contribution in [0.2, 0.25) is 5.02 Å². The van der Waals surface area contributed by atoms with Gasteiger partial charge in [0, 0.05) is 22.9 Å². The SMILES string of the molecule is COc1cc(Cl)cc(-c2ncn(C=CC(=O)O)n2)c1. The standard InChI is InChI=1S/C12H10ClN3O3/c1-19-10-5-8(4-9(13)6-10)12-14-7-16(15-12)3-2-11(17)18/h2-7H,1H3,(H,17,18). The molecule has 1 aromatic heterocycles. The van der Waals surface area contributed by atoms with Crippen LogP contribution < -0.4 is 4.74 Å². The van der Waals surface area contributed by atoms with Crippen molar-refractivity contribution in [1.82, 2.24) is 14.8 Å². The summed E-state index contributed by atoms with van der Waals surface area (Å²) < 4.78 is 6.41. The fourth-order valence-electron chi connectivity index (χ4n) is 1.43. The number of aliphatic carboxylic acids is 1. The maximum absolute atomic E-state index is 10.4. The van der Waals surface area contributed by atoms with Crippen LogP contribution in [0, 0.1) is 0 Å². The molecule has 0 aliphatic rings. The summed E-state index contributed by atoms with van der Waals surface area (Å²) >= 11 is 5.95. The molecule has 0 saturated heterocycles. The lowest BCUT2D eigenvalue weighted by atomic mass is 10.2. The maximum Gasteiger partial charge on any atom is 0.329 e. The maximum atomic E-state index is 10.4. The Hall–Kier alpha value is -2.34. The van der Waals surface area contributed by atoms with Crippen LogP contribution in [0.4, 0.5) is 0 Å². The summed E-state index contributed by atoms with van der Waals surface area (Å²) in [6.07, 6.45) is 3.67. The van der Waals surface area contributed by atoms with E-state index >= 15 is 0 Å². The Labute approximate surface area is 113 Å². The van der Waals surface area contributed by atoms with Crippen molar-refractivity contribution >= 4 is 23.8 Å². The van der Waals surface area contributed by atoms with Crippen molar-refractivity contribution in [3.63, 3.8) is 0 Å². The van der Waals surface area contributed by atoms with Gasteiger partial charge in [-0.05, 0) is 18.2 Å². The molecule has 1 heterocycles. The summed E-state index contributed by atoms with van der Waals surface area (Å²) in [5, 5.41) is 13.1. The molecule has 0 amide bonds. The Morgan fingerprint density at radius 1 is 1.47 bits per heavy atom. The van der Waals surface area contributed by atoms with Crippen molar-refractivity contribution in [2.75, 3.05) is 7.11 Å². The number of rotatable bonds is 4. The number of carboxylic acids is 1. The summed E-state index contributed by atoms with van der Waals surface area (Å²) in [6.45, 7) is 0. The first-order chi connectivity index (χ1) is 9.08. The third-order valence-corrected chi connectivity index (χ3v) is 2.46. The fraction of sp³-hybridized carbons (Fsp3) is 0.0833. The second-order valence-corrected chi connectivity index (χ2v) is 4.02. The molecule has 2 rings (SSSR count). The Bertz CT molecular complexity index is 637. The van der Waals surface area contributed by atoms with Gasteiger partial charge in [-0.3, -0.25) is 0 Å². The first-order valence-electron chi connectivity index (χ1n) is 5.25. The average molecular weight is 280 g/mol. The number of carboxylic acid groups (broad SMARTS) is 1. The highest BCUT2D eigenvalue weighted by molar-refractivity contribution is 6.31. The van der Waals surface area contributed by atoms with Gasteiger partial charge in [0.1, 0.15) is 12.1 Å². The molecule has 0 bridgehead atoms. The van der Waals surface area contributed by atoms with Gasteiger partial charge in [0.05, 0.1) is 7.11 Å². The van der Waals surface area contributed by atoms with E-state index in [0.29, 0.717) is 22.2 Å². The van der Waals surface area contributed by atoms with Crippen LogP contribution in [0.5, 0.6) is 5.75 Å². The normalized spacial score (nSPS) is 10.8. The van der Waals surface area contributed by atoms with E-state index in [1.54, 1.807) is 18.2 Å². The van der Waals surface area contributed by atoms with Crippen LogP contribution in [0.3, 0.4) is 0 Å². The number of aromatic nitrogens is 3. The molecule has 0 radical (unpaired) electrons. The zero-order chi connectivity index (χ0) is 13.8. The average Bonchev–Trinajstić information content (AvgIpc) is 2.84. The van der Waals surface area contributed by atoms with Crippen molar-refractivity contribution < 1.29 is 14.6 Å². The van der Waals surface area contributed by atoms with Gasteiger partial charge < -0.3 is 9.84 Å². The summed E-state index contributed by atoms with van der Waals surface area (Å²) in [6, 6.07) is 5.11. The van der Waals surface area contributed by atoms with E-state index in [0.717, 1.165) is 6.08 Å². The molecule has 98 valence electrons. The Morgan fingerprint density at radius 3 is 2.95 bits per heavy atom. The lowest BCUT2D eigenvalue weighted by molar-refractivity contribution is -0.131. The Balaban J connectivity index is 2.32. The van der Waals surface area contributed by atoms with Gasteiger partial charge in [-0.15, -0.1) is 5.10 Å². The summed E-state index contributed by atoms with van der Waals surface area (Å²) in [4.78, 5) is 14.5. The number of hydrogen-bond donors (Lipinski definition) is 1. The first-order valence-corrected chi connectivity index (χ1v) is 5.63. The second kappa shape index (κ2) is 5.53. The van der Waals surface area contributed by atoms with Gasteiger partial charge in [-0.2, -0.15) is 0 Å². The highest BCUT2D eigenvalue weighted by Gasteiger charge is 2.07. The largest absolute Gasteiger partial charge is 0.497 e. The number of benzene rings is 1. The van der Waals surface area contributed by atoms with E-state index in [2.05, 4.69) is 10.1 Å². The van der Waals surface area contributed by atoms with Gasteiger partial charge in [-0.25, -0.2) is 14.5 Å². The smallest absolute Gasteiger partial charge is 0.329 e. The molecule has 19 heavy (non-hydrogen) atoms. The predicted molar refractivity (Wildman–Crippen MR) is 70.0 cm³/mol. The summed E-state index contributed by atoms with van der Waals surface area (Å²) in [7, 11) is 1.54. The summed E-state index contributed by atoms with van der Waals surface area (Å²) in [5.41, 5.74) is 0.687. The second-order valence-electron chi connectivity index (χ2n) is 3.58. The minimum absolute atomic E-state index is 0.427.